The molecular formula is C15H16BrN3O. The lowest BCUT2D eigenvalue weighted by Gasteiger charge is -2.20. The summed E-state index contributed by atoms with van der Waals surface area (Å²) in [5.41, 5.74) is 3.21. The van der Waals surface area contributed by atoms with E-state index in [1.807, 2.05) is 24.3 Å². The molecule has 2 aromatic rings. The quantitative estimate of drug-likeness (QED) is 0.934. The zero-order chi connectivity index (χ0) is 13.9. The van der Waals surface area contributed by atoms with E-state index < -0.39 is 0 Å². The summed E-state index contributed by atoms with van der Waals surface area (Å²) in [6.07, 6.45) is 0.844. The van der Waals surface area contributed by atoms with E-state index in [0.717, 1.165) is 52.5 Å². The van der Waals surface area contributed by atoms with E-state index in [9.17, 15) is 0 Å². The number of ether oxygens (including phenoxy) is 1. The Labute approximate surface area is 126 Å². The first-order chi connectivity index (χ1) is 9.78. The van der Waals surface area contributed by atoms with Crippen LogP contribution in [-0.4, -0.2) is 23.1 Å². The van der Waals surface area contributed by atoms with Crippen LogP contribution in [0.3, 0.4) is 0 Å². The molecule has 0 amide bonds. The molecule has 0 saturated carbocycles. The number of aromatic nitrogens is 2. The number of rotatable bonds is 3. The minimum Gasteiger partial charge on any atom is -0.376 e. The number of hydrogen-bond acceptors (Lipinski definition) is 4. The van der Waals surface area contributed by atoms with Gasteiger partial charge in [-0.2, -0.15) is 0 Å². The minimum absolute atomic E-state index is 0.594. The Balaban J connectivity index is 2.10. The fraction of sp³-hybridized carbons (Fsp3) is 0.333. The third kappa shape index (κ3) is 2.69. The molecule has 0 bridgehead atoms. The average molecular weight is 334 g/mol. The Bertz CT molecular complexity index is 631. The standard InChI is InChI=1S/C15H16BrN3O/c1-2-17-15-12-9-20-7-6-13(12)18-14(19-15)10-4-3-5-11(16)8-10/h3-5,8H,2,6-7,9H2,1H3,(H,17,18,19). The van der Waals surface area contributed by atoms with Crippen molar-refractivity contribution in [1.29, 1.82) is 0 Å². The molecule has 0 fully saturated rings. The SMILES string of the molecule is CCNc1nc(-c2cccc(Br)c2)nc2c1COCC2. The Morgan fingerprint density at radius 2 is 2.25 bits per heavy atom. The first kappa shape index (κ1) is 13.5. The summed E-state index contributed by atoms with van der Waals surface area (Å²) in [5, 5.41) is 3.32. The fourth-order valence-electron chi connectivity index (χ4n) is 2.30. The van der Waals surface area contributed by atoms with Gasteiger partial charge in [0, 0.05) is 28.6 Å². The highest BCUT2D eigenvalue weighted by Crippen LogP contribution is 2.27. The van der Waals surface area contributed by atoms with Crippen LogP contribution in [0, 0.1) is 0 Å². The molecule has 1 aliphatic rings. The van der Waals surface area contributed by atoms with Gasteiger partial charge in [-0.1, -0.05) is 28.1 Å². The number of nitrogens with zero attached hydrogens (tertiary/aromatic N) is 2. The summed E-state index contributed by atoms with van der Waals surface area (Å²) in [5.74, 6) is 1.66. The van der Waals surface area contributed by atoms with Crippen molar-refractivity contribution < 1.29 is 4.74 Å². The van der Waals surface area contributed by atoms with Gasteiger partial charge in [0.05, 0.1) is 18.9 Å². The molecule has 1 aromatic carbocycles. The van der Waals surface area contributed by atoms with Gasteiger partial charge in [-0.05, 0) is 19.1 Å². The van der Waals surface area contributed by atoms with Gasteiger partial charge in [0.2, 0.25) is 0 Å². The predicted molar refractivity (Wildman–Crippen MR) is 82.7 cm³/mol. The number of halogens is 1. The largest absolute Gasteiger partial charge is 0.376 e. The summed E-state index contributed by atoms with van der Waals surface area (Å²) in [7, 11) is 0. The van der Waals surface area contributed by atoms with Crippen LogP contribution in [0.4, 0.5) is 5.82 Å². The summed E-state index contributed by atoms with van der Waals surface area (Å²) < 4.78 is 6.55. The van der Waals surface area contributed by atoms with Crippen LogP contribution >= 0.6 is 15.9 Å². The molecule has 1 aromatic heterocycles. The van der Waals surface area contributed by atoms with Crippen molar-refractivity contribution in [3.8, 4) is 11.4 Å². The first-order valence-corrected chi connectivity index (χ1v) is 7.54. The first-order valence-electron chi connectivity index (χ1n) is 6.75. The van der Waals surface area contributed by atoms with Crippen LogP contribution in [0.25, 0.3) is 11.4 Å². The molecule has 104 valence electrons. The molecule has 3 rings (SSSR count). The van der Waals surface area contributed by atoms with Gasteiger partial charge in [0.25, 0.3) is 0 Å². The van der Waals surface area contributed by atoms with Gasteiger partial charge in [-0.25, -0.2) is 9.97 Å². The third-order valence-electron chi connectivity index (χ3n) is 3.25. The molecule has 0 aliphatic carbocycles. The molecule has 0 radical (unpaired) electrons. The van der Waals surface area contributed by atoms with Gasteiger partial charge in [-0.3, -0.25) is 0 Å². The van der Waals surface area contributed by atoms with Gasteiger partial charge < -0.3 is 10.1 Å². The Hall–Kier alpha value is -1.46. The van der Waals surface area contributed by atoms with Crippen molar-refractivity contribution >= 4 is 21.7 Å². The number of hydrogen-bond donors (Lipinski definition) is 1. The lowest BCUT2D eigenvalue weighted by Crippen LogP contribution is -2.17. The zero-order valence-corrected chi connectivity index (χ0v) is 12.9. The van der Waals surface area contributed by atoms with Crippen molar-refractivity contribution in [3.05, 3.63) is 40.0 Å². The maximum atomic E-state index is 5.52. The fourth-order valence-corrected chi connectivity index (χ4v) is 2.70. The highest BCUT2D eigenvalue weighted by molar-refractivity contribution is 9.10. The number of fused-ring (bicyclic) bond motifs is 1. The molecular weight excluding hydrogens is 318 g/mol. The van der Waals surface area contributed by atoms with Crippen LogP contribution in [0.15, 0.2) is 28.7 Å². The van der Waals surface area contributed by atoms with Gasteiger partial charge in [-0.15, -0.1) is 0 Å². The summed E-state index contributed by atoms with van der Waals surface area (Å²) in [4.78, 5) is 9.38. The number of nitrogens with one attached hydrogen (secondary N) is 1. The molecule has 1 N–H and O–H groups in total. The average Bonchev–Trinajstić information content (AvgIpc) is 2.47. The van der Waals surface area contributed by atoms with Crippen LogP contribution < -0.4 is 5.32 Å². The van der Waals surface area contributed by atoms with E-state index in [4.69, 9.17) is 9.72 Å². The maximum absolute atomic E-state index is 5.52. The highest BCUT2D eigenvalue weighted by Gasteiger charge is 2.18. The molecule has 0 saturated heterocycles. The van der Waals surface area contributed by atoms with Gasteiger partial charge in [0.15, 0.2) is 5.82 Å². The second kappa shape index (κ2) is 5.89. The van der Waals surface area contributed by atoms with Crippen molar-refractivity contribution in [3.63, 3.8) is 0 Å². The Morgan fingerprint density at radius 3 is 3.05 bits per heavy atom. The van der Waals surface area contributed by atoms with Crippen LogP contribution in [-0.2, 0) is 17.8 Å². The molecule has 20 heavy (non-hydrogen) atoms. The van der Waals surface area contributed by atoms with Crippen molar-refractivity contribution in [2.75, 3.05) is 18.5 Å². The normalized spacial score (nSPS) is 13.9. The third-order valence-corrected chi connectivity index (χ3v) is 3.74. The van der Waals surface area contributed by atoms with Gasteiger partial charge in [0.1, 0.15) is 5.82 Å². The minimum atomic E-state index is 0.594. The molecule has 4 nitrogen and oxygen atoms in total. The van der Waals surface area contributed by atoms with Gasteiger partial charge >= 0.3 is 0 Å². The molecule has 0 unspecified atom stereocenters. The summed E-state index contributed by atoms with van der Waals surface area (Å²) in [6.45, 7) is 4.22. The van der Waals surface area contributed by atoms with Crippen molar-refractivity contribution in [2.45, 2.75) is 20.0 Å². The van der Waals surface area contributed by atoms with E-state index in [0.29, 0.717) is 6.61 Å². The van der Waals surface area contributed by atoms with Crippen molar-refractivity contribution in [1.82, 2.24) is 9.97 Å². The zero-order valence-electron chi connectivity index (χ0n) is 11.3. The van der Waals surface area contributed by atoms with Crippen LogP contribution in [0.5, 0.6) is 0 Å². The molecule has 0 spiro atoms. The number of anilines is 1. The second-order valence-corrected chi connectivity index (χ2v) is 5.58. The van der Waals surface area contributed by atoms with Crippen LogP contribution in [0.1, 0.15) is 18.2 Å². The second-order valence-electron chi connectivity index (χ2n) is 4.66. The molecule has 5 heteroatoms. The number of benzene rings is 1. The van der Waals surface area contributed by atoms with E-state index >= 15 is 0 Å². The predicted octanol–water partition coefficient (Wildman–Crippen LogP) is 3.41. The highest BCUT2D eigenvalue weighted by atomic mass is 79.9. The summed E-state index contributed by atoms with van der Waals surface area (Å²) >= 11 is 3.49. The van der Waals surface area contributed by atoms with E-state index in [-0.39, 0.29) is 0 Å². The van der Waals surface area contributed by atoms with Crippen LogP contribution in [0.2, 0.25) is 0 Å². The molecule has 0 atom stereocenters. The smallest absolute Gasteiger partial charge is 0.161 e. The lowest BCUT2D eigenvalue weighted by molar-refractivity contribution is 0.109. The topological polar surface area (TPSA) is 47.0 Å². The Kier molecular flexibility index (Phi) is 3.98. The maximum Gasteiger partial charge on any atom is 0.161 e. The lowest BCUT2D eigenvalue weighted by atomic mass is 10.1. The molecule has 2 heterocycles. The Morgan fingerprint density at radius 1 is 1.35 bits per heavy atom. The van der Waals surface area contributed by atoms with E-state index in [1.165, 1.54) is 0 Å². The summed E-state index contributed by atoms with van der Waals surface area (Å²) in [6, 6.07) is 8.07. The molecule has 1 aliphatic heterocycles. The van der Waals surface area contributed by atoms with Crippen molar-refractivity contribution in [2.24, 2.45) is 0 Å². The monoisotopic (exact) mass is 333 g/mol. The van der Waals surface area contributed by atoms with E-state index in [1.54, 1.807) is 0 Å². The van der Waals surface area contributed by atoms with E-state index in [2.05, 4.69) is 33.2 Å².